The largest absolute Gasteiger partial charge is 0.310 e. The minimum absolute atomic E-state index is 0.171. The molecule has 1 aliphatic carbocycles. The van der Waals surface area contributed by atoms with E-state index in [0.29, 0.717) is 0 Å². The summed E-state index contributed by atoms with van der Waals surface area (Å²) in [5.41, 5.74) is 18.9. The number of aryl methyl sites for hydroxylation is 2. The van der Waals surface area contributed by atoms with Gasteiger partial charge in [0.2, 0.25) is 0 Å². The van der Waals surface area contributed by atoms with Gasteiger partial charge in [0.25, 0.3) is 0 Å². The summed E-state index contributed by atoms with van der Waals surface area (Å²) in [4.78, 5) is 2.50. The van der Waals surface area contributed by atoms with Gasteiger partial charge < -0.3 is 4.90 Å². The summed E-state index contributed by atoms with van der Waals surface area (Å²) >= 11 is 0. The predicted molar refractivity (Wildman–Crippen MR) is 239 cm³/mol. The summed E-state index contributed by atoms with van der Waals surface area (Å²) in [6.07, 6.45) is 0. The van der Waals surface area contributed by atoms with E-state index >= 15 is 0 Å². The van der Waals surface area contributed by atoms with Crippen LogP contribution in [0.25, 0.3) is 44.5 Å². The fraction of sp³-hybridized carbons (Fsp3) is 0.0943. The standard InChI is InChI=1S/C53H45NSi/c1-36-22-30-44(31-23-36)55-51-21-12-11-19-47(51)52-37(2)14-13-20-50(52)54(42-27-24-40(25-28-42)38-15-7-5-8-16-38)43-29-33-46-45-32-26-41(39-17-9-6-10-18-39)34-48(45)53(3,4)49(46)35-43/h5-35H,55H2,1-4H3. The molecule has 0 heterocycles. The molecule has 0 spiro atoms. The van der Waals surface area contributed by atoms with Crippen LogP contribution in [-0.4, -0.2) is 9.52 Å². The first-order chi connectivity index (χ1) is 26.8. The van der Waals surface area contributed by atoms with Crippen molar-refractivity contribution >= 4 is 37.0 Å². The van der Waals surface area contributed by atoms with Crippen LogP contribution in [0.5, 0.6) is 0 Å². The molecule has 266 valence electrons. The molecule has 8 aromatic carbocycles. The van der Waals surface area contributed by atoms with Crippen molar-refractivity contribution in [2.24, 2.45) is 0 Å². The van der Waals surface area contributed by atoms with Gasteiger partial charge in [0.05, 0.1) is 15.2 Å². The quantitative estimate of drug-likeness (QED) is 0.141. The molecule has 0 atom stereocenters. The third-order valence-electron chi connectivity index (χ3n) is 11.6. The van der Waals surface area contributed by atoms with E-state index in [1.165, 1.54) is 82.8 Å². The Morgan fingerprint density at radius 2 is 1.00 bits per heavy atom. The van der Waals surface area contributed by atoms with Crippen LogP contribution in [-0.2, 0) is 5.41 Å². The molecule has 0 bridgehead atoms. The third kappa shape index (κ3) is 6.43. The molecule has 0 aromatic heterocycles. The maximum atomic E-state index is 2.50. The number of nitrogens with zero attached hydrogens (tertiary/aromatic N) is 1. The molecule has 1 aliphatic rings. The number of rotatable bonds is 8. The fourth-order valence-electron chi connectivity index (χ4n) is 8.57. The van der Waals surface area contributed by atoms with Gasteiger partial charge in [-0.05, 0) is 106 Å². The highest BCUT2D eigenvalue weighted by molar-refractivity contribution is 6.68. The maximum absolute atomic E-state index is 2.50. The molecule has 0 saturated carbocycles. The van der Waals surface area contributed by atoms with Crippen LogP contribution in [0.1, 0.15) is 36.1 Å². The van der Waals surface area contributed by atoms with E-state index in [1.807, 2.05) is 0 Å². The van der Waals surface area contributed by atoms with Crippen LogP contribution >= 0.6 is 0 Å². The monoisotopic (exact) mass is 723 g/mol. The summed E-state index contributed by atoms with van der Waals surface area (Å²) < 4.78 is 0. The molecule has 2 heteroatoms. The molecule has 0 saturated heterocycles. The molecule has 0 aliphatic heterocycles. The lowest BCUT2D eigenvalue weighted by atomic mass is 9.81. The second-order valence-electron chi connectivity index (χ2n) is 15.5. The summed E-state index contributed by atoms with van der Waals surface area (Å²) in [7, 11) is -0.734. The van der Waals surface area contributed by atoms with Gasteiger partial charge in [0, 0.05) is 22.4 Å². The number of hydrogen-bond acceptors (Lipinski definition) is 1. The van der Waals surface area contributed by atoms with Gasteiger partial charge >= 0.3 is 0 Å². The fourth-order valence-corrected chi connectivity index (χ4v) is 10.2. The van der Waals surface area contributed by atoms with E-state index in [9.17, 15) is 0 Å². The van der Waals surface area contributed by atoms with Crippen LogP contribution in [0.4, 0.5) is 17.1 Å². The lowest BCUT2D eigenvalue weighted by Crippen LogP contribution is -2.29. The van der Waals surface area contributed by atoms with Crippen molar-refractivity contribution in [2.75, 3.05) is 4.90 Å². The summed E-state index contributed by atoms with van der Waals surface area (Å²) in [6.45, 7) is 9.21. The van der Waals surface area contributed by atoms with Gasteiger partial charge in [0.1, 0.15) is 0 Å². The van der Waals surface area contributed by atoms with Gasteiger partial charge in [-0.1, -0.05) is 181 Å². The zero-order valence-electron chi connectivity index (χ0n) is 32.1. The average Bonchev–Trinajstić information content (AvgIpc) is 3.45. The van der Waals surface area contributed by atoms with Gasteiger partial charge in [-0.15, -0.1) is 0 Å². The Morgan fingerprint density at radius 3 is 1.71 bits per heavy atom. The summed E-state index contributed by atoms with van der Waals surface area (Å²) in [5, 5.41) is 2.92. The molecule has 0 unspecified atom stereocenters. The van der Waals surface area contributed by atoms with E-state index in [2.05, 4.69) is 221 Å². The SMILES string of the molecule is Cc1ccc([SiH2]c2ccccc2-c2c(C)cccc2N(c2ccc(-c3ccccc3)cc2)c2ccc3c(c2)C(C)(C)c2cc(-c4ccccc4)ccc2-3)cc1. The minimum Gasteiger partial charge on any atom is -0.310 e. The third-order valence-corrected chi connectivity index (χ3v) is 13.4. The average molecular weight is 724 g/mol. The van der Waals surface area contributed by atoms with Crippen molar-refractivity contribution in [1.82, 2.24) is 0 Å². The van der Waals surface area contributed by atoms with Crippen molar-refractivity contribution in [2.45, 2.75) is 33.1 Å². The first-order valence-corrected chi connectivity index (χ1v) is 20.8. The second kappa shape index (κ2) is 14.2. The Labute approximate surface area is 328 Å². The number of fused-ring (bicyclic) bond motifs is 3. The number of anilines is 3. The topological polar surface area (TPSA) is 3.24 Å². The van der Waals surface area contributed by atoms with E-state index in [1.54, 1.807) is 0 Å². The normalized spacial score (nSPS) is 12.8. The number of hydrogen-bond donors (Lipinski definition) is 0. The van der Waals surface area contributed by atoms with Crippen LogP contribution in [0.15, 0.2) is 188 Å². The van der Waals surface area contributed by atoms with E-state index < -0.39 is 9.52 Å². The van der Waals surface area contributed by atoms with E-state index in [0.717, 1.165) is 11.4 Å². The van der Waals surface area contributed by atoms with Crippen molar-refractivity contribution in [3.63, 3.8) is 0 Å². The van der Waals surface area contributed by atoms with Gasteiger partial charge in [-0.2, -0.15) is 0 Å². The molecule has 1 nitrogen and oxygen atoms in total. The Morgan fingerprint density at radius 1 is 0.436 bits per heavy atom. The van der Waals surface area contributed by atoms with Gasteiger partial charge in [0.15, 0.2) is 0 Å². The Hall–Kier alpha value is -6.22. The number of benzene rings is 8. The van der Waals surface area contributed by atoms with Crippen molar-refractivity contribution in [3.05, 3.63) is 210 Å². The molecule has 55 heavy (non-hydrogen) atoms. The Bertz CT molecular complexity index is 2640. The zero-order valence-corrected chi connectivity index (χ0v) is 33.5. The van der Waals surface area contributed by atoms with E-state index in [-0.39, 0.29) is 5.41 Å². The second-order valence-corrected chi connectivity index (χ2v) is 17.4. The molecular weight excluding hydrogens is 679 g/mol. The first-order valence-electron chi connectivity index (χ1n) is 19.4. The zero-order chi connectivity index (χ0) is 37.5. The molecule has 0 N–H and O–H groups in total. The van der Waals surface area contributed by atoms with E-state index in [4.69, 9.17) is 0 Å². The van der Waals surface area contributed by atoms with Crippen LogP contribution < -0.4 is 15.3 Å². The lowest BCUT2D eigenvalue weighted by Gasteiger charge is -2.31. The van der Waals surface area contributed by atoms with Crippen molar-refractivity contribution < 1.29 is 0 Å². The molecule has 8 aromatic rings. The molecular formula is C53H45NSi. The highest BCUT2D eigenvalue weighted by Crippen LogP contribution is 2.52. The summed E-state index contributed by atoms with van der Waals surface area (Å²) in [6, 6.07) is 69.8. The molecule has 0 amide bonds. The minimum atomic E-state index is -0.734. The smallest absolute Gasteiger partial charge is 0.0883 e. The molecule has 0 radical (unpaired) electrons. The summed E-state index contributed by atoms with van der Waals surface area (Å²) in [5.74, 6) is 0. The highest BCUT2D eigenvalue weighted by atomic mass is 28.2. The van der Waals surface area contributed by atoms with Crippen LogP contribution in [0, 0.1) is 13.8 Å². The van der Waals surface area contributed by atoms with Gasteiger partial charge in [-0.3, -0.25) is 0 Å². The van der Waals surface area contributed by atoms with Crippen LogP contribution in [0.3, 0.4) is 0 Å². The van der Waals surface area contributed by atoms with Crippen molar-refractivity contribution in [3.8, 4) is 44.5 Å². The first kappa shape index (κ1) is 34.5. The van der Waals surface area contributed by atoms with Gasteiger partial charge in [-0.25, -0.2) is 0 Å². The Kier molecular flexibility index (Phi) is 8.92. The van der Waals surface area contributed by atoms with Crippen LogP contribution in [0.2, 0.25) is 0 Å². The Balaban J connectivity index is 1.20. The maximum Gasteiger partial charge on any atom is 0.0883 e. The van der Waals surface area contributed by atoms with Crippen molar-refractivity contribution in [1.29, 1.82) is 0 Å². The molecule has 0 fully saturated rings. The highest BCUT2D eigenvalue weighted by Gasteiger charge is 2.36. The predicted octanol–water partition coefficient (Wildman–Crippen LogP) is 12.2. The lowest BCUT2D eigenvalue weighted by molar-refractivity contribution is 0.660. The molecule has 9 rings (SSSR count).